The van der Waals surface area contributed by atoms with E-state index in [1.807, 2.05) is 29.7 Å². The number of aromatic nitrogens is 4. The standard InChI is InChI=1S/C35H45N11OS/c1-23(2)26-19-29(31(47-5)20-30(26)46-13-9-25(10-14-46)45-17-15-43(3)16-18-45)41-35-39-22-24(21-36)34(42-35)40-28-8-7-27-32(38-12-11-37-27)33(28)44(4)48-6/h7-8,11-12,19-20,22-23,25H,9-10,13-18H2,1-6H3,(H2,39,40,41,42). The fourth-order valence-corrected chi connectivity index (χ4v) is 7.02. The van der Waals surface area contributed by atoms with Gasteiger partial charge >= 0.3 is 0 Å². The lowest BCUT2D eigenvalue weighted by atomic mass is 9.96. The van der Waals surface area contributed by atoms with Crippen molar-refractivity contribution in [3.05, 3.63) is 54.0 Å². The zero-order chi connectivity index (χ0) is 33.8. The number of ether oxygens (including phenoxy) is 1. The van der Waals surface area contributed by atoms with Crippen molar-refractivity contribution in [3.8, 4) is 11.8 Å². The molecule has 0 atom stereocenters. The van der Waals surface area contributed by atoms with Gasteiger partial charge in [-0.05, 0) is 49.6 Å². The van der Waals surface area contributed by atoms with Crippen LogP contribution in [0.25, 0.3) is 11.0 Å². The van der Waals surface area contributed by atoms with Crippen LogP contribution in [0.3, 0.4) is 0 Å². The Kier molecular flexibility index (Phi) is 10.3. The van der Waals surface area contributed by atoms with E-state index in [2.05, 4.69) is 79.4 Å². The first-order valence-corrected chi connectivity index (χ1v) is 17.7. The molecule has 2 aliphatic rings. The van der Waals surface area contributed by atoms with Crippen LogP contribution in [0.1, 0.15) is 43.7 Å². The van der Waals surface area contributed by atoms with Crippen LogP contribution in [-0.2, 0) is 0 Å². The lowest BCUT2D eigenvalue weighted by Crippen LogP contribution is -2.52. The van der Waals surface area contributed by atoms with E-state index in [4.69, 9.17) is 9.72 Å². The highest BCUT2D eigenvalue weighted by molar-refractivity contribution is 7.99. The van der Waals surface area contributed by atoms with E-state index in [0.717, 1.165) is 86.0 Å². The third-order valence-electron chi connectivity index (χ3n) is 9.44. The van der Waals surface area contributed by atoms with E-state index < -0.39 is 0 Å². The number of hydrogen-bond donors (Lipinski definition) is 2. The Morgan fingerprint density at radius 1 is 1.00 bits per heavy atom. The van der Waals surface area contributed by atoms with Crippen molar-refractivity contribution >= 4 is 57.5 Å². The van der Waals surface area contributed by atoms with Crippen LogP contribution >= 0.6 is 11.9 Å². The van der Waals surface area contributed by atoms with Gasteiger partial charge in [0.2, 0.25) is 5.95 Å². The van der Waals surface area contributed by atoms with Crippen LogP contribution in [0.15, 0.2) is 42.9 Å². The van der Waals surface area contributed by atoms with E-state index in [9.17, 15) is 5.26 Å². The number of likely N-dealkylation sites (N-methyl/N-ethyl adjacent to an activating group) is 1. The lowest BCUT2D eigenvalue weighted by molar-refractivity contribution is 0.0982. The quantitative estimate of drug-likeness (QED) is 0.197. The minimum Gasteiger partial charge on any atom is -0.494 e. The highest BCUT2D eigenvalue weighted by atomic mass is 32.2. The molecule has 0 radical (unpaired) electrons. The molecule has 2 aromatic heterocycles. The molecule has 2 fully saturated rings. The predicted octanol–water partition coefficient (Wildman–Crippen LogP) is 5.84. The maximum absolute atomic E-state index is 9.95. The molecular formula is C35H45N11OS. The summed E-state index contributed by atoms with van der Waals surface area (Å²) in [6.07, 6.45) is 9.21. The number of rotatable bonds is 10. The molecule has 252 valence electrons. The number of piperidine rings is 1. The average molecular weight is 668 g/mol. The van der Waals surface area contributed by atoms with Gasteiger partial charge in [-0.15, -0.1) is 0 Å². The molecule has 0 aliphatic carbocycles. The average Bonchev–Trinajstić information content (AvgIpc) is 3.11. The Labute approximate surface area is 287 Å². The Balaban J connectivity index is 1.26. The molecule has 2 aromatic carbocycles. The van der Waals surface area contributed by atoms with Crippen LogP contribution in [0.5, 0.6) is 5.75 Å². The third-order valence-corrected chi connectivity index (χ3v) is 10.2. The molecule has 4 aromatic rings. The topological polar surface area (TPSA) is 122 Å². The number of fused-ring (bicyclic) bond motifs is 1. The van der Waals surface area contributed by atoms with E-state index in [1.54, 1.807) is 31.5 Å². The zero-order valence-corrected chi connectivity index (χ0v) is 29.5. The number of anilines is 6. The summed E-state index contributed by atoms with van der Waals surface area (Å²) in [6, 6.07) is 11.0. The van der Waals surface area contributed by atoms with Gasteiger partial charge < -0.3 is 29.5 Å². The molecule has 12 nitrogen and oxygen atoms in total. The smallest absolute Gasteiger partial charge is 0.229 e. The fourth-order valence-electron chi connectivity index (χ4n) is 6.65. The molecule has 2 N–H and O–H groups in total. The molecule has 48 heavy (non-hydrogen) atoms. The number of nitrogens with one attached hydrogen (secondary N) is 2. The van der Waals surface area contributed by atoms with Crippen molar-refractivity contribution in [3.63, 3.8) is 0 Å². The van der Waals surface area contributed by atoms with Gasteiger partial charge in [0.25, 0.3) is 0 Å². The molecule has 13 heteroatoms. The van der Waals surface area contributed by atoms with E-state index in [-0.39, 0.29) is 0 Å². The Hall–Kier alpha value is -4.38. The van der Waals surface area contributed by atoms with Gasteiger partial charge in [-0.1, -0.05) is 25.8 Å². The predicted molar refractivity (Wildman–Crippen MR) is 196 cm³/mol. The summed E-state index contributed by atoms with van der Waals surface area (Å²) in [4.78, 5) is 25.9. The Bertz CT molecular complexity index is 1780. The third kappa shape index (κ3) is 7.06. The largest absolute Gasteiger partial charge is 0.494 e. The zero-order valence-electron chi connectivity index (χ0n) is 28.7. The van der Waals surface area contributed by atoms with E-state index >= 15 is 0 Å². The molecule has 0 saturated carbocycles. The fraction of sp³-hybridized carbons (Fsp3) is 0.457. The van der Waals surface area contributed by atoms with Crippen molar-refractivity contribution < 1.29 is 4.74 Å². The summed E-state index contributed by atoms with van der Waals surface area (Å²) in [5.74, 6) is 1.75. The maximum Gasteiger partial charge on any atom is 0.229 e. The molecule has 4 heterocycles. The van der Waals surface area contributed by atoms with Gasteiger partial charge in [0.1, 0.15) is 22.9 Å². The van der Waals surface area contributed by atoms with Crippen molar-refractivity contribution in [1.29, 1.82) is 5.26 Å². The van der Waals surface area contributed by atoms with Gasteiger partial charge in [-0.3, -0.25) is 14.9 Å². The number of methoxy groups -OCH3 is 1. The van der Waals surface area contributed by atoms with Gasteiger partial charge in [-0.25, -0.2) is 4.98 Å². The van der Waals surface area contributed by atoms with Crippen LogP contribution < -0.4 is 24.6 Å². The second-order valence-electron chi connectivity index (χ2n) is 12.7. The van der Waals surface area contributed by atoms with Crippen LogP contribution in [0.4, 0.5) is 34.5 Å². The summed E-state index contributed by atoms with van der Waals surface area (Å²) >= 11 is 1.55. The van der Waals surface area contributed by atoms with E-state index in [1.165, 1.54) is 17.4 Å². The normalized spacial score (nSPS) is 16.2. The highest BCUT2D eigenvalue weighted by Crippen LogP contribution is 2.40. The van der Waals surface area contributed by atoms with E-state index in [0.29, 0.717) is 29.3 Å². The summed E-state index contributed by atoms with van der Waals surface area (Å²) in [7, 11) is 5.87. The lowest BCUT2D eigenvalue weighted by Gasteiger charge is -2.43. The number of nitriles is 1. The monoisotopic (exact) mass is 667 g/mol. The molecule has 0 unspecified atom stereocenters. The minimum atomic E-state index is 0.295. The number of benzene rings is 2. The van der Waals surface area contributed by atoms with Gasteiger partial charge in [-0.2, -0.15) is 10.2 Å². The second-order valence-corrected chi connectivity index (χ2v) is 13.6. The number of nitrogens with zero attached hydrogens (tertiary/aromatic N) is 9. The molecular weight excluding hydrogens is 623 g/mol. The summed E-state index contributed by atoms with van der Waals surface area (Å²) < 4.78 is 7.94. The summed E-state index contributed by atoms with van der Waals surface area (Å²) in [5.41, 5.74) is 6.68. The van der Waals surface area contributed by atoms with Crippen molar-refractivity contribution in [2.24, 2.45) is 0 Å². The minimum absolute atomic E-state index is 0.295. The second kappa shape index (κ2) is 14.8. The first-order chi connectivity index (χ1) is 23.3. The number of hydrogen-bond acceptors (Lipinski definition) is 13. The van der Waals surface area contributed by atoms with Crippen molar-refractivity contribution in [2.45, 2.75) is 38.6 Å². The van der Waals surface area contributed by atoms with Crippen molar-refractivity contribution in [1.82, 2.24) is 29.7 Å². The van der Waals surface area contributed by atoms with Gasteiger partial charge in [0, 0.05) is 82.8 Å². The first kappa shape index (κ1) is 33.5. The Morgan fingerprint density at radius 2 is 1.75 bits per heavy atom. The first-order valence-electron chi connectivity index (χ1n) is 16.5. The van der Waals surface area contributed by atoms with Crippen LogP contribution in [0, 0.1) is 11.3 Å². The summed E-state index contributed by atoms with van der Waals surface area (Å²) in [5, 5.41) is 16.7. The van der Waals surface area contributed by atoms with Crippen LogP contribution in [0.2, 0.25) is 0 Å². The number of piperazine rings is 1. The van der Waals surface area contributed by atoms with Crippen LogP contribution in [-0.4, -0.2) is 103 Å². The molecule has 2 aliphatic heterocycles. The molecule has 0 spiro atoms. The van der Waals surface area contributed by atoms with Crippen molar-refractivity contribution in [2.75, 3.05) is 86.6 Å². The molecule has 0 amide bonds. The SMILES string of the molecule is COc1cc(N2CCC(N3CCN(C)CC3)CC2)c(C(C)C)cc1Nc1ncc(C#N)c(Nc2ccc3nccnc3c2N(C)SC)n1. The molecule has 6 rings (SSSR count). The van der Waals surface area contributed by atoms with Gasteiger partial charge in [0.05, 0.1) is 35.9 Å². The highest BCUT2D eigenvalue weighted by Gasteiger charge is 2.28. The molecule has 2 saturated heterocycles. The Morgan fingerprint density at radius 3 is 2.44 bits per heavy atom. The maximum atomic E-state index is 9.95. The van der Waals surface area contributed by atoms with Gasteiger partial charge in [0.15, 0.2) is 5.82 Å². The molecule has 0 bridgehead atoms. The summed E-state index contributed by atoms with van der Waals surface area (Å²) in [6.45, 7) is 11.1.